The Morgan fingerprint density at radius 3 is 1.10 bits per heavy atom. The summed E-state index contributed by atoms with van der Waals surface area (Å²) in [6.07, 6.45) is 62.8. The zero-order chi connectivity index (χ0) is 44.4. The first kappa shape index (κ1) is 57.6. The summed E-state index contributed by atoms with van der Waals surface area (Å²) in [5, 5.41) is 0. The SMILES string of the molecule is CC/C=C\C/C=C\C/C=C\C/C=C\CCCCC(=O)OC[C@H](COC(=O)CCCCCCCCC/C=C\C/C=C\CCCCC)OC(=O)CCCCCCC/C=C\CCCC. The molecule has 1 atom stereocenters. The molecule has 6 heteroatoms. The average molecular weight is 849 g/mol. The second-order valence-corrected chi connectivity index (χ2v) is 16.3. The van der Waals surface area contributed by atoms with E-state index in [0.29, 0.717) is 19.3 Å². The van der Waals surface area contributed by atoms with Gasteiger partial charge >= 0.3 is 17.9 Å². The Bertz CT molecular complexity index is 1200. The highest BCUT2D eigenvalue weighted by atomic mass is 16.6. The van der Waals surface area contributed by atoms with Gasteiger partial charge in [0.25, 0.3) is 0 Å². The molecule has 0 fully saturated rings. The van der Waals surface area contributed by atoms with Crippen LogP contribution in [0.4, 0.5) is 0 Å². The van der Waals surface area contributed by atoms with Crippen molar-refractivity contribution in [3.05, 3.63) is 85.1 Å². The summed E-state index contributed by atoms with van der Waals surface area (Å²) in [5.41, 5.74) is 0. The van der Waals surface area contributed by atoms with Crippen LogP contribution in [0.15, 0.2) is 85.1 Å². The molecule has 0 aliphatic rings. The molecular weight excluding hydrogens is 757 g/mol. The highest BCUT2D eigenvalue weighted by Gasteiger charge is 2.19. The Labute approximate surface area is 375 Å². The van der Waals surface area contributed by atoms with E-state index < -0.39 is 6.10 Å². The van der Waals surface area contributed by atoms with Crippen molar-refractivity contribution >= 4 is 17.9 Å². The van der Waals surface area contributed by atoms with Crippen molar-refractivity contribution in [3.63, 3.8) is 0 Å². The Hall–Kier alpha value is -3.41. The number of unbranched alkanes of at least 4 members (excludes halogenated alkanes) is 19. The lowest BCUT2D eigenvalue weighted by molar-refractivity contribution is -0.167. The van der Waals surface area contributed by atoms with Crippen LogP contribution < -0.4 is 0 Å². The molecule has 0 rings (SSSR count). The fraction of sp³-hybridized carbons (Fsp3) is 0.691. The number of hydrogen-bond donors (Lipinski definition) is 0. The average Bonchev–Trinajstić information content (AvgIpc) is 3.26. The number of carbonyl (C=O) groups excluding carboxylic acids is 3. The minimum absolute atomic E-state index is 0.0981. The smallest absolute Gasteiger partial charge is 0.306 e. The van der Waals surface area contributed by atoms with Gasteiger partial charge in [-0.2, -0.15) is 0 Å². The van der Waals surface area contributed by atoms with Crippen LogP contribution in [0.5, 0.6) is 0 Å². The minimum atomic E-state index is -0.800. The van der Waals surface area contributed by atoms with Gasteiger partial charge in [-0.3, -0.25) is 14.4 Å². The monoisotopic (exact) mass is 849 g/mol. The molecule has 0 radical (unpaired) electrons. The summed E-state index contributed by atoms with van der Waals surface area (Å²) in [7, 11) is 0. The Balaban J connectivity index is 4.44. The number of ether oxygens (including phenoxy) is 3. The summed E-state index contributed by atoms with van der Waals surface area (Å²) in [6, 6.07) is 0. The number of allylic oxidation sites excluding steroid dienone is 14. The fourth-order valence-corrected chi connectivity index (χ4v) is 6.56. The van der Waals surface area contributed by atoms with Crippen molar-refractivity contribution in [1.82, 2.24) is 0 Å². The molecule has 0 aromatic rings. The second kappa shape index (κ2) is 49.2. The maximum Gasteiger partial charge on any atom is 0.306 e. The van der Waals surface area contributed by atoms with Gasteiger partial charge in [0.1, 0.15) is 13.2 Å². The molecule has 0 aromatic carbocycles. The van der Waals surface area contributed by atoms with Crippen molar-refractivity contribution in [3.8, 4) is 0 Å². The lowest BCUT2D eigenvalue weighted by Gasteiger charge is -2.18. The summed E-state index contributed by atoms with van der Waals surface area (Å²) >= 11 is 0. The van der Waals surface area contributed by atoms with E-state index in [1.807, 2.05) is 0 Å². The van der Waals surface area contributed by atoms with Gasteiger partial charge in [-0.05, 0) is 109 Å². The van der Waals surface area contributed by atoms with Crippen LogP contribution in [0.1, 0.15) is 226 Å². The van der Waals surface area contributed by atoms with E-state index in [4.69, 9.17) is 14.2 Å². The van der Waals surface area contributed by atoms with Crippen molar-refractivity contribution in [2.75, 3.05) is 13.2 Å². The predicted octanol–water partition coefficient (Wildman–Crippen LogP) is 16.4. The zero-order valence-electron chi connectivity index (χ0n) is 39.7. The van der Waals surface area contributed by atoms with Crippen molar-refractivity contribution in [1.29, 1.82) is 0 Å². The lowest BCUT2D eigenvalue weighted by atomic mass is 10.1. The molecule has 0 aliphatic carbocycles. The molecule has 0 amide bonds. The van der Waals surface area contributed by atoms with Crippen LogP contribution >= 0.6 is 0 Å². The standard InChI is InChI=1S/C55H92O6/c1-4-7-10-13-16-19-22-24-26-27-29-31-34-36-39-42-45-48-54(57)60-51-52(61-55(58)49-46-43-40-37-32-21-18-15-12-9-6-3)50-59-53(56)47-44-41-38-35-33-30-28-25-23-20-17-14-11-8-5-2/h8,11,15-20,24-26,28,33,35,52H,4-7,9-10,12-14,21-23,27,29-32,34,36-51H2,1-3H3/b11-8-,18-15-,19-16-,20-17-,26-24-,28-25-,35-33-/t52-/m1/s1. The molecule has 348 valence electrons. The number of esters is 3. The van der Waals surface area contributed by atoms with Crippen LogP contribution in [0.2, 0.25) is 0 Å². The zero-order valence-corrected chi connectivity index (χ0v) is 39.7. The maximum atomic E-state index is 12.7. The van der Waals surface area contributed by atoms with Gasteiger partial charge < -0.3 is 14.2 Å². The third-order valence-corrected chi connectivity index (χ3v) is 10.4. The molecule has 61 heavy (non-hydrogen) atoms. The molecule has 0 heterocycles. The normalized spacial score (nSPS) is 12.8. The highest BCUT2D eigenvalue weighted by molar-refractivity contribution is 5.71. The summed E-state index contributed by atoms with van der Waals surface area (Å²) in [5.74, 6) is -0.962. The first-order valence-electron chi connectivity index (χ1n) is 25.1. The third-order valence-electron chi connectivity index (χ3n) is 10.4. The van der Waals surface area contributed by atoms with Crippen molar-refractivity contribution < 1.29 is 28.6 Å². The number of hydrogen-bond acceptors (Lipinski definition) is 6. The molecule has 0 saturated carbocycles. The van der Waals surface area contributed by atoms with Gasteiger partial charge in [-0.25, -0.2) is 0 Å². The second-order valence-electron chi connectivity index (χ2n) is 16.3. The largest absolute Gasteiger partial charge is 0.462 e. The first-order chi connectivity index (χ1) is 30.0. The topological polar surface area (TPSA) is 78.9 Å². The van der Waals surface area contributed by atoms with Gasteiger partial charge in [0.2, 0.25) is 0 Å². The van der Waals surface area contributed by atoms with E-state index in [1.165, 1.54) is 77.0 Å². The van der Waals surface area contributed by atoms with E-state index in [2.05, 4.69) is 106 Å². The Morgan fingerprint density at radius 2 is 0.656 bits per heavy atom. The van der Waals surface area contributed by atoms with E-state index in [9.17, 15) is 14.4 Å². The fourth-order valence-electron chi connectivity index (χ4n) is 6.56. The lowest BCUT2D eigenvalue weighted by Crippen LogP contribution is -2.30. The van der Waals surface area contributed by atoms with Crippen LogP contribution in [-0.2, 0) is 28.6 Å². The quantitative estimate of drug-likeness (QED) is 0.0263. The van der Waals surface area contributed by atoms with Gasteiger partial charge in [-0.1, -0.05) is 183 Å². The van der Waals surface area contributed by atoms with Crippen LogP contribution in [-0.4, -0.2) is 37.2 Å². The number of carbonyl (C=O) groups is 3. The van der Waals surface area contributed by atoms with Crippen LogP contribution in [0.3, 0.4) is 0 Å². The summed E-state index contributed by atoms with van der Waals surface area (Å²) in [4.78, 5) is 37.9. The first-order valence-corrected chi connectivity index (χ1v) is 25.1. The van der Waals surface area contributed by atoms with E-state index in [1.54, 1.807) is 0 Å². The molecule has 0 bridgehead atoms. The molecule has 0 spiro atoms. The minimum Gasteiger partial charge on any atom is -0.462 e. The Morgan fingerprint density at radius 1 is 0.344 bits per heavy atom. The molecule has 0 unspecified atom stereocenters. The number of rotatable bonds is 44. The van der Waals surface area contributed by atoms with Crippen molar-refractivity contribution in [2.24, 2.45) is 0 Å². The summed E-state index contributed by atoms with van der Waals surface area (Å²) < 4.78 is 16.7. The van der Waals surface area contributed by atoms with Crippen LogP contribution in [0, 0.1) is 0 Å². The van der Waals surface area contributed by atoms with E-state index >= 15 is 0 Å². The maximum absolute atomic E-state index is 12.7. The summed E-state index contributed by atoms with van der Waals surface area (Å²) in [6.45, 7) is 6.40. The molecule has 0 saturated heterocycles. The van der Waals surface area contributed by atoms with Gasteiger partial charge in [-0.15, -0.1) is 0 Å². The van der Waals surface area contributed by atoms with Gasteiger partial charge in [0.05, 0.1) is 0 Å². The molecule has 0 N–H and O–H groups in total. The molecular formula is C55H92O6. The van der Waals surface area contributed by atoms with Crippen molar-refractivity contribution in [2.45, 2.75) is 232 Å². The van der Waals surface area contributed by atoms with E-state index in [0.717, 1.165) is 109 Å². The predicted molar refractivity (Wildman–Crippen MR) is 261 cm³/mol. The third kappa shape index (κ3) is 47.5. The van der Waals surface area contributed by atoms with Gasteiger partial charge in [0.15, 0.2) is 6.10 Å². The molecule has 0 aliphatic heterocycles. The highest BCUT2D eigenvalue weighted by Crippen LogP contribution is 2.13. The Kier molecular flexibility index (Phi) is 46.5. The molecule has 0 aromatic heterocycles. The van der Waals surface area contributed by atoms with Crippen LogP contribution in [0.25, 0.3) is 0 Å². The van der Waals surface area contributed by atoms with E-state index in [-0.39, 0.29) is 31.1 Å². The molecule has 6 nitrogen and oxygen atoms in total. The van der Waals surface area contributed by atoms with Gasteiger partial charge in [0, 0.05) is 19.3 Å².